The summed E-state index contributed by atoms with van der Waals surface area (Å²) in [4.78, 5) is 0. The Balaban J connectivity index is 2.41. The third-order valence-corrected chi connectivity index (χ3v) is 2.99. The lowest BCUT2D eigenvalue weighted by Crippen LogP contribution is -1.90. The number of fused-ring (bicyclic) bond motifs is 1. The first-order chi connectivity index (χ1) is 7.66. The summed E-state index contributed by atoms with van der Waals surface area (Å²) in [5.74, 6) is 1.07. The van der Waals surface area contributed by atoms with Gasteiger partial charge in [-0.3, -0.25) is 0 Å². The predicted octanol–water partition coefficient (Wildman–Crippen LogP) is 4.44. The summed E-state index contributed by atoms with van der Waals surface area (Å²) in [5.41, 5.74) is 4.97. The Labute approximate surface area is 97.2 Å². The van der Waals surface area contributed by atoms with Crippen LogP contribution in [0.15, 0.2) is 40.6 Å². The molecule has 2 rings (SSSR count). The van der Waals surface area contributed by atoms with Gasteiger partial charge in [0.2, 0.25) is 0 Å². The highest BCUT2D eigenvalue weighted by Crippen LogP contribution is 2.23. The molecule has 0 atom stereocenters. The van der Waals surface area contributed by atoms with Crippen molar-refractivity contribution in [3.63, 3.8) is 0 Å². The van der Waals surface area contributed by atoms with Crippen molar-refractivity contribution in [1.82, 2.24) is 0 Å². The van der Waals surface area contributed by atoms with Crippen LogP contribution in [0.1, 0.15) is 36.7 Å². The second-order valence-corrected chi connectivity index (χ2v) is 4.51. The molecule has 0 spiro atoms. The van der Waals surface area contributed by atoms with Gasteiger partial charge in [-0.15, -0.1) is 0 Å². The fourth-order valence-electron chi connectivity index (χ4n) is 1.98. The van der Waals surface area contributed by atoms with E-state index in [1.54, 1.807) is 0 Å². The largest absolute Gasteiger partial charge is 0.468 e. The number of allylic oxidation sites excluding steroid dienone is 4. The van der Waals surface area contributed by atoms with Gasteiger partial charge >= 0.3 is 0 Å². The molecule has 0 fully saturated rings. The molecule has 0 N–H and O–H groups in total. The minimum atomic E-state index is 0.917. The van der Waals surface area contributed by atoms with Crippen LogP contribution in [0.5, 0.6) is 0 Å². The Kier molecular flexibility index (Phi) is 3.14. The summed E-state index contributed by atoms with van der Waals surface area (Å²) in [6, 6.07) is 0. The maximum absolute atomic E-state index is 5.60. The Morgan fingerprint density at radius 3 is 2.88 bits per heavy atom. The first-order valence-corrected chi connectivity index (χ1v) is 5.75. The van der Waals surface area contributed by atoms with Crippen LogP contribution in [-0.2, 0) is 6.42 Å². The third-order valence-electron chi connectivity index (χ3n) is 2.99. The molecule has 0 aliphatic heterocycles. The number of hydrogen-bond donors (Lipinski definition) is 0. The molecule has 84 valence electrons. The van der Waals surface area contributed by atoms with Crippen molar-refractivity contribution in [1.29, 1.82) is 0 Å². The van der Waals surface area contributed by atoms with E-state index < -0.39 is 0 Å². The molecule has 0 saturated heterocycles. The third kappa shape index (κ3) is 2.35. The quantitative estimate of drug-likeness (QED) is 0.582. The lowest BCUT2D eigenvalue weighted by atomic mass is 10.0. The highest BCUT2D eigenvalue weighted by Gasteiger charge is 2.09. The molecule has 1 nitrogen and oxygen atoms in total. The number of furan rings is 1. The van der Waals surface area contributed by atoms with Crippen LogP contribution < -0.4 is 0 Å². The molecule has 1 aromatic rings. The molecule has 0 unspecified atom stereocenters. The number of rotatable bonds is 0. The lowest BCUT2D eigenvalue weighted by Gasteiger charge is -2.05. The highest BCUT2D eigenvalue weighted by molar-refractivity contribution is 5.58. The fourth-order valence-corrected chi connectivity index (χ4v) is 1.98. The highest BCUT2D eigenvalue weighted by atomic mass is 16.3. The minimum absolute atomic E-state index is 0.917. The van der Waals surface area contributed by atoms with E-state index in [9.17, 15) is 0 Å². The van der Waals surface area contributed by atoms with Crippen LogP contribution in [0.3, 0.4) is 0 Å². The van der Waals surface area contributed by atoms with Gasteiger partial charge in [0.25, 0.3) is 0 Å². The predicted molar refractivity (Wildman–Crippen MR) is 68.3 cm³/mol. The van der Waals surface area contributed by atoms with Gasteiger partial charge in [0.05, 0.1) is 6.26 Å². The summed E-state index contributed by atoms with van der Waals surface area (Å²) in [7, 11) is 0. The fraction of sp³-hybridized carbons (Fsp3) is 0.333. The molecule has 16 heavy (non-hydrogen) atoms. The molecule has 0 bridgehead atoms. The second-order valence-electron chi connectivity index (χ2n) is 4.51. The summed E-state index contributed by atoms with van der Waals surface area (Å²) in [5, 5.41) is 0. The monoisotopic (exact) mass is 214 g/mol. The van der Waals surface area contributed by atoms with E-state index in [2.05, 4.69) is 38.7 Å². The van der Waals surface area contributed by atoms with Crippen molar-refractivity contribution in [3.8, 4) is 0 Å². The minimum Gasteiger partial charge on any atom is -0.468 e. The van der Waals surface area contributed by atoms with Gasteiger partial charge in [0.15, 0.2) is 0 Å². The van der Waals surface area contributed by atoms with Crippen LogP contribution in [0.2, 0.25) is 0 Å². The van der Waals surface area contributed by atoms with Gasteiger partial charge < -0.3 is 4.42 Å². The molecular formula is C15H18O. The molecule has 0 amide bonds. The first-order valence-electron chi connectivity index (χ1n) is 5.75. The number of aryl methyl sites for hydroxylation is 1. The number of hydrogen-bond acceptors (Lipinski definition) is 1. The summed E-state index contributed by atoms with van der Waals surface area (Å²) in [6.45, 7) is 8.30. The zero-order valence-corrected chi connectivity index (χ0v) is 10.0. The van der Waals surface area contributed by atoms with E-state index in [0.29, 0.717) is 0 Å². The van der Waals surface area contributed by atoms with E-state index in [-0.39, 0.29) is 0 Å². The molecule has 1 aliphatic rings. The Morgan fingerprint density at radius 2 is 2.06 bits per heavy atom. The van der Waals surface area contributed by atoms with Gasteiger partial charge in [0.1, 0.15) is 5.76 Å². The van der Waals surface area contributed by atoms with E-state index in [1.807, 2.05) is 6.26 Å². The van der Waals surface area contributed by atoms with Crippen molar-refractivity contribution >= 4 is 6.08 Å². The smallest absolute Gasteiger partial charge is 0.115 e. The van der Waals surface area contributed by atoms with Gasteiger partial charge in [-0.25, -0.2) is 0 Å². The topological polar surface area (TPSA) is 13.1 Å². The molecule has 1 aromatic heterocycles. The molecule has 0 aromatic carbocycles. The van der Waals surface area contributed by atoms with Crippen molar-refractivity contribution in [2.45, 2.75) is 33.1 Å². The van der Waals surface area contributed by atoms with Crippen LogP contribution in [-0.4, -0.2) is 0 Å². The van der Waals surface area contributed by atoms with Gasteiger partial charge in [-0.05, 0) is 32.3 Å². The second kappa shape index (κ2) is 4.56. The Hall–Kier alpha value is -1.50. The molecule has 0 saturated carbocycles. The molecule has 0 radical (unpaired) electrons. The zero-order chi connectivity index (χ0) is 11.5. The SMILES string of the molecule is C=C1/C=C/c2c(C)coc2C/C(C)=C/CC1. The Morgan fingerprint density at radius 1 is 1.25 bits per heavy atom. The summed E-state index contributed by atoms with van der Waals surface area (Å²) >= 11 is 0. The molecule has 1 aliphatic carbocycles. The van der Waals surface area contributed by atoms with Crippen LogP contribution in [0, 0.1) is 6.92 Å². The zero-order valence-electron chi connectivity index (χ0n) is 10.0. The van der Waals surface area contributed by atoms with E-state index in [4.69, 9.17) is 4.42 Å². The standard InChI is InChI=1S/C15H18O/c1-11-5-4-6-12(2)9-15-14(8-7-11)13(3)10-16-15/h6-8,10H,1,4-5,9H2,2-3H3/b8-7+,12-6+. The average Bonchev–Trinajstić information content (AvgIpc) is 2.57. The average molecular weight is 214 g/mol. The molecular weight excluding hydrogens is 196 g/mol. The van der Waals surface area contributed by atoms with Crippen molar-refractivity contribution < 1.29 is 4.42 Å². The first kappa shape index (κ1) is 11.0. The van der Waals surface area contributed by atoms with Gasteiger partial charge in [0, 0.05) is 12.0 Å². The van der Waals surface area contributed by atoms with Crippen LogP contribution in [0.25, 0.3) is 6.08 Å². The Bertz CT molecular complexity index is 458. The van der Waals surface area contributed by atoms with Gasteiger partial charge in [-0.2, -0.15) is 0 Å². The van der Waals surface area contributed by atoms with Crippen molar-refractivity contribution in [2.75, 3.05) is 0 Å². The maximum Gasteiger partial charge on any atom is 0.115 e. The van der Waals surface area contributed by atoms with E-state index in [0.717, 1.165) is 25.0 Å². The van der Waals surface area contributed by atoms with Crippen LogP contribution >= 0.6 is 0 Å². The summed E-state index contributed by atoms with van der Waals surface area (Å²) < 4.78 is 5.60. The van der Waals surface area contributed by atoms with Crippen molar-refractivity contribution in [3.05, 3.63) is 53.0 Å². The maximum atomic E-state index is 5.60. The molecule has 1 heteroatoms. The molecule has 1 heterocycles. The normalized spacial score (nSPS) is 22.1. The van der Waals surface area contributed by atoms with E-state index in [1.165, 1.54) is 22.3 Å². The summed E-state index contributed by atoms with van der Waals surface area (Å²) in [6.07, 6.45) is 11.4. The lowest BCUT2D eigenvalue weighted by molar-refractivity contribution is 0.517. The van der Waals surface area contributed by atoms with Crippen LogP contribution in [0.4, 0.5) is 0 Å². The van der Waals surface area contributed by atoms with Gasteiger partial charge in [-0.1, -0.05) is 36.0 Å². The van der Waals surface area contributed by atoms with E-state index >= 15 is 0 Å². The van der Waals surface area contributed by atoms with Crippen molar-refractivity contribution in [2.24, 2.45) is 0 Å².